The summed E-state index contributed by atoms with van der Waals surface area (Å²) in [5, 5.41) is 4.32. The lowest BCUT2D eigenvalue weighted by atomic mass is 10.0. The lowest BCUT2D eigenvalue weighted by Gasteiger charge is -2.12. The summed E-state index contributed by atoms with van der Waals surface area (Å²) in [6, 6.07) is 4.13. The summed E-state index contributed by atoms with van der Waals surface area (Å²) in [6.45, 7) is 4.01. The first-order chi connectivity index (χ1) is 8.06. The van der Waals surface area contributed by atoms with Crippen LogP contribution in [0.2, 0.25) is 0 Å². The van der Waals surface area contributed by atoms with Crippen LogP contribution in [0.5, 0.6) is 0 Å². The van der Waals surface area contributed by atoms with E-state index in [1.807, 2.05) is 38.0 Å². The van der Waals surface area contributed by atoms with Gasteiger partial charge in [-0.05, 0) is 31.0 Å². The van der Waals surface area contributed by atoms with Gasteiger partial charge >= 0.3 is 0 Å². The van der Waals surface area contributed by atoms with Gasteiger partial charge in [0.1, 0.15) is 0 Å². The minimum absolute atomic E-state index is 0.0304. The molecule has 0 radical (unpaired) electrons. The number of aromatic nitrogens is 3. The molecule has 0 bridgehead atoms. The normalized spacial score (nSPS) is 12.7. The quantitative estimate of drug-likeness (QED) is 0.872. The van der Waals surface area contributed by atoms with Crippen LogP contribution in [-0.4, -0.2) is 14.8 Å². The predicted molar refractivity (Wildman–Crippen MR) is 67.6 cm³/mol. The van der Waals surface area contributed by atoms with Crippen LogP contribution in [-0.2, 0) is 13.5 Å². The SMILES string of the molecule is Cc1cncc(C(N)Cc2cc(C)nn2C)c1. The maximum absolute atomic E-state index is 6.19. The Balaban J connectivity index is 2.16. The fourth-order valence-corrected chi connectivity index (χ4v) is 1.98. The van der Waals surface area contributed by atoms with Crippen LogP contribution in [0.1, 0.15) is 28.6 Å². The highest BCUT2D eigenvalue weighted by atomic mass is 15.3. The number of hydrogen-bond donors (Lipinski definition) is 1. The highest BCUT2D eigenvalue weighted by molar-refractivity contribution is 5.22. The van der Waals surface area contributed by atoms with Crippen molar-refractivity contribution in [1.82, 2.24) is 14.8 Å². The molecule has 2 aromatic rings. The third-order valence-corrected chi connectivity index (χ3v) is 2.85. The zero-order valence-corrected chi connectivity index (χ0v) is 10.5. The molecule has 0 aliphatic rings. The maximum Gasteiger partial charge on any atom is 0.0596 e. The molecule has 0 aromatic carbocycles. The molecule has 1 atom stereocenters. The molecule has 17 heavy (non-hydrogen) atoms. The van der Waals surface area contributed by atoms with Crippen LogP contribution in [0, 0.1) is 13.8 Å². The van der Waals surface area contributed by atoms with E-state index in [4.69, 9.17) is 5.73 Å². The first-order valence-corrected chi connectivity index (χ1v) is 5.73. The van der Waals surface area contributed by atoms with Gasteiger partial charge in [-0.15, -0.1) is 0 Å². The average Bonchev–Trinajstić information content (AvgIpc) is 2.57. The molecule has 0 aliphatic carbocycles. The lowest BCUT2D eigenvalue weighted by molar-refractivity contribution is 0.638. The summed E-state index contributed by atoms with van der Waals surface area (Å²) in [5.41, 5.74) is 10.6. The molecule has 0 saturated carbocycles. The standard InChI is InChI=1S/C13H18N4/c1-9-4-11(8-15-7-9)13(14)6-12-5-10(2)16-17(12)3/h4-5,7-8,13H,6,14H2,1-3H3. The summed E-state index contributed by atoms with van der Waals surface area (Å²) in [6.07, 6.45) is 4.45. The molecule has 4 heteroatoms. The van der Waals surface area contributed by atoms with Crippen LogP contribution in [0.3, 0.4) is 0 Å². The van der Waals surface area contributed by atoms with Gasteiger partial charge in [0.2, 0.25) is 0 Å². The van der Waals surface area contributed by atoms with E-state index in [-0.39, 0.29) is 6.04 Å². The largest absolute Gasteiger partial charge is 0.324 e. The Labute approximate surface area is 101 Å². The molecule has 4 nitrogen and oxygen atoms in total. The number of aryl methyl sites for hydroxylation is 3. The lowest BCUT2D eigenvalue weighted by Crippen LogP contribution is -2.15. The third-order valence-electron chi connectivity index (χ3n) is 2.85. The van der Waals surface area contributed by atoms with Gasteiger partial charge in [-0.1, -0.05) is 6.07 Å². The Bertz CT molecular complexity index is 516. The van der Waals surface area contributed by atoms with E-state index in [2.05, 4.69) is 22.2 Å². The number of rotatable bonds is 3. The summed E-state index contributed by atoms with van der Waals surface area (Å²) < 4.78 is 1.89. The Morgan fingerprint density at radius 2 is 2.06 bits per heavy atom. The summed E-state index contributed by atoms with van der Waals surface area (Å²) in [5.74, 6) is 0. The Morgan fingerprint density at radius 3 is 2.65 bits per heavy atom. The van der Waals surface area contributed by atoms with Crippen LogP contribution in [0.25, 0.3) is 0 Å². The highest BCUT2D eigenvalue weighted by Gasteiger charge is 2.11. The smallest absolute Gasteiger partial charge is 0.0596 e. The molecule has 2 rings (SSSR count). The van der Waals surface area contributed by atoms with Crippen molar-refractivity contribution in [3.63, 3.8) is 0 Å². The number of nitrogens with zero attached hydrogens (tertiary/aromatic N) is 3. The fraction of sp³-hybridized carbons (Fsp3) is 0.385. The second-order valence-electron chi connectivity index (χ2n) is 4.51. The van der Waals surface area contributed by atoms with E-state index in [0.29, 0.717) is 0 Å². The molecule has 0 aliphatic heterocycles. The number of nitrogens with two attached hydrogens (primary N) is 1. The maximum atomic E-state index is 6.19. The highest BCUT2D eigenvalue weighted by Crippen LogP contribution is 2.16. The van der Waals surface area contributed by atoms with Gasteiger partial charge in [-0.2, -0.15) is 5.10 Å². The zero-order valence-electron chi connectivity index (χ0n) is 10.5. The molecule has 0 fully saturated rings. The molecule has 1 unspecified atom stereocenters. The van der Waals surface area contributed by atoms with Gasteiger partial charge in [-0.25, -0.2) is 0 Å². The van der Waals surface area contributed by atoms with Gasteiger partial charge in [0.15, 0.2) is 0 Å². The molecule has 0 amide bonds. The van der Waals surface area contributed by atoms with Gasteiger partial charge in [0, 0.05) is 37.6 Å². The monoisotopic (exact) mass is 230 g/mol. The first kappa shape index (κ1) is 11.8. The number of pyridine rings is 1. The molecule has 2 aromatic heterocycles. The van der Waals surface area contributed by atoms with Gasteiger partial charge < -0.3 is 5.73 Å². The van der Waals surface area contributed by atoms with Crippen molar-refractivity contribution in [1.29, 1.82) is 0 Å². The van der Waals surface area contributed by atoms with Gasteiger partial charge in [0.05, 0.1) is 5.69 Å². The Hall–Kier alpha value is -1.68. The predicted octanol–water partition coefficient (Wildman–Crippen LogP) is 1.67. The Kier molecular flexibility index (Phi) is 3.24. The van der Waals surface area contributed by atoms with Gasteiger partial charge in [0.25, 0.3) is 0 Å². The van der Waals surface area contributed by atoms with Crippen molar-refractivity contribution in [2.45, 2.75) is 26.3 Å². The van der Waals surface area contributed by atoms with Crippen molar-refractivity contribution in [2.24, 2.45) is 12.8 Å². The minimum Gasteiger partial charge on any atom is -0.324 e. The van der Waals surface area contributed by atoms with Crippen molar-refractivity contribution >= 4 is 0 Å². The minimum atomic E-state index is -0.0304. The van der Waals surface area contributed by atoms with Crippen molar-refractivity contribution in [3.05, 3.63) is 47.0 Å². The zero-order chi connectivity index (χ0) is 12.4. The van der Waals surface area contributed by atoms with E-state index in [1.165, 1.54) is 0 Å². The molecular formula is C13H18N4. The van der Waals surface area contributed by atoms with Crippen molar-refractivity contribution < 1.29 is 0 Å². The van der Waals surface area contributed by atoms with Crippen LogP contribution < -0.4 is 5.73 Å². The van der Waals surface area contributed by atoms with E-state index < -0.39 is 0 Å². The van der Waals surface area contributed by atoms with Crippen LogP contribution in [0.15, 0.2) is 24.5 Å². The molecular weight excluding hydrogens is 212 g/mol. The second kappa shape index (κ2) is 4.67. The average molecular weight is 230 g/mol. The molecule has 90 valence electrons. The number of hydrogen-bond acceptors (Lipinski definition) is 3. The first-order valence-electron chi connectivity index (χ1n) is 5.73. The van der Waals surface area contributed by atoms with E-state index in [1.54, 1.807) is 0 Å². The summed E-state index contributed by atoms with van der Waals surface area (Å²) >= 11 is 0. The van der Waals surface area contributed by atoms with Crippen LogP contribution >= 0.6 is 0 Å². The third kappa shape index (κ3) is 2.71. The van der Waals surface area contributed by atoms with E-state index in [9.17, 15) is 0 Å². The molecule has 2 heterocycles. The summed E-state index contributed by atoms with van der Waals surface area (Å²) in [7, 11) is 1.95. The molecule has 0 saturated heterocycles. The summed E-state index contributed by atoms with van der Waals surface area (Å²) in [4.78, 5) is 4.17. The van der Waals surface area contributed by atoms with E-state index in [0.717, 1.165) is 28.9 Å². The second-order valence-corrected chi connectivity index (χ2v) is 4.51. The van der Waals surface area contributed by atoms with Gasteiger partial charge in [-0.3, -0.25) is 9.67 Å². The van der Waals surface area contributed by atoms with Crippen LogP contribution in [0.4, 0.5) is 0 Å². The van der Waals surface area contributed by atoms with Crippen molar-refractivity contribution in [2.75, 3.05) is 0 Å². The molecule has 0 spiro atoms. The topological polar surface area (TPSA) is 56.7 Å². The molecule has 2 N–H and O–H groups in total. The van der Waals surface area contributed by atoms with E-state index >= 15 is 0 Å². The van der Waals surface area contributed by atoms with Crippen molar-refractivity contribution in [3.8, 4) is 0 Å². The Morgan fingerprint density at radius 1 is 1.29 bits per heavy atom. The fourth-order valence-electron chi connectivity index (χ4n) is 1.98.